The fourth-order valence-electron chi connectivity index (χ4n) is 21.7. The summed E-state index contributed by atoms with van der Waals surface area (Å²) in [5, 5.41) is 25.5. The Labute approximate surface area is 742 Å². The molecule has 0 aliphatic carbocycles. The summed E-state index contributed by atoms with van der Waals surface area (Å²) in [4.78, 5) is 15.2. The van der Waals surface area contributed by atoms with Crippen molar-refractivity contribution >= 4 is 249 Å². The molecule has 0 radical (unpaired) electrons. The maximum absolute atomic E-state index is 6.38. The molecule has 30 rings (SSSR count). The smallest absolute Gasteiger partial charge is 0.137 e. The molecule has 30 aromatic rings. The van der Waals surface area contributed by atoms with Crippen LogP contribution in [0.5, 0.6) is 0 Å². The van der Waals surface area contributed by atoms with Crippen molar-refractivity contribution in [3.63, 3.8) is 0 Å². The summed E-state index contributed by atoms with van der Waals surface area (Å²) in [5.41, 5.74) is 25.9. The van der Waals surface area contributed by atoms with Crippen molar-refractivity contribution in [3.8, 4) is 34.1 Å². The minimum Gasteiger partial charge on any atom is -0.456 e. The number of para-hydroxylation sites is 10. The first-order valence-electron chi connectivity index (χ1n) is 43.7. The van der Waals surface area contributed by atoms with E-state index in [0.29, 0.717) is 0 Å². The molecule has 0 amide bonds. The fourth-order valence-corrected chi connectivity index (χ4v) is 24.0. The molecular formula is C117H69N9OS2. The monoisotopic (exact) mass is 1680 g/mol. The molecule has 12 aromatic heterocycles. The number of hydrogen-bond donors (Lipinski definition) is 0. The number of nitrogens with zero attached hydrogens (tertiary/aromatic N) is 9. The second-order valence-corrected chi connectivity index (χ2v) is 35.6. The van der Waals surface area contributed by atoms with E-state index in [-0.39, 0.29) is 0 Å². The van der Waals surface area contributed by atoms with Crippen molar-refractivity contribution < 1.29 is 4.42 Å². The Bertz CT molecular complexity index is 9590. The fraction of sp³-hybridized carbons (Fsp3) is 0. The first-order valence-corrected chi connectivity index (χ1v) is 45.3. The summed E-state index contributed by atoms with van der Waals surface area (Å²) in [6.45, 7) is 0. The number of pyridine rings is 3. The van der Waals surface area contributed by atoms with Crippen LogP contribution in [0, 0.1) is 0 Å². The normalized spacial score (nSPS) is 12.2. The molecule has 12 heteroatoms. The molecule has 0 aliphatic heterocycles. The van der Waals surface area contributed by atoms with E-state index in [4.69, 9.17) is 19.4 Å². The van der Waals surface area contributed by atoms with Gasteiger partial charge in [-0.3, -0.25) is 15.0 Å². The number of furan rings is 1. The van der Waals surface area contributed by atoms with E-state index in [2.05, 4.69) is 416 Å². The average Bonchev–Trinajstić information content (AvgIpc) is 1.53. The van der Waals surface area contributed by atoms with Crippen LogP contribution in [0.3, 0.4) is 0 Å². The highest BCUT2D eigenvalue weighted by molar-refractivity contribution is 7.26. The molecule has 0 spiro atoms. The van der Waals surface area contributed by atoms with Crippen LogP contribution in [0.1, 0.15) is 0 Å². The maximum atomic E-state index is 6.38. The molecule has 600 valence electrons. The minimum atomic E-state index is 0.878. The lowest BCUT2D eigenvalue weighted by atomic mass is 10.0. The van der Waals surface area contributed by atoms with Gasteiger partial charge >= 0.3 is 0 Å². The number of benzene rings is 18. The van der Waals surface area contributed by atoms with Gasteiger partial charge < -0.3 is 31.8 Å². The summed E-state index contributed by atoms with van der Waals surface area (Å²) in [5.74, 6) is 0. The number of thiophene rings is 2. The number of fused-ring (bicyclic) bond motifs is 39. The van der Waals surface area contributed by atoms with E-state index in [1.54, 1.807) is 0 Å². The highest BCUT2D eigenvalue weighted by Crippen LogP contribution is 2.53. The van der Waals surface area contributed by atoms with Crippen LogP contribution in [0.15, 0.2) is 423 Å². The van der Waals surface area contributed by atoms with Crippen molar-refractivity contribution in [2.75, 3.05) is 0 Å². The molecule has 0 bridgehead atoms. The number of aromatic nitrogens is 9. The molecule has 0 atom stereocenters. The molecule has 0 unspecified atom stereocenters. The van der Waals surface area contributed by atoms with Crippen molar-refractivity contribution in [2.24, 2.45) is 0 Å². The van der Waals surface area contributed by atoms with Crippen LogP contribution in [0.2, 0.25) is 0 Å². The zero-order chi connectivity index (χ0) is 84.2. The minimum absolute atomic E-state index is 0.878. The standard InChI is InChI=1S/C39H23N3O.2C39H23N3S/c1-2-11-24(12-3-1)41-31-17-7-4-14-28(31)35-30-16-10-22-40-37(30)36-29-15-5-8-18-32(29)42(39(36)38(35)41)25-20-21-27-26-13-6-9-19-33(26)43-34(27)23-25;1-2-12-24(13-3-1)41-30-19-7-4-15-27(30)34-29-18-11-23-40-36(29)35-28-16-5-8-20-31(28)42(38(35)37(34)41)32-21-10-17-26-25-14-6-9-22-33(25)43-39(26)32;1-2-11-24(12-3-1)41-31-17-7-4-14-28(31)35-30-16-10-22-40-37(30)36-29-15-5-8-18-32(29)42(39(36)38(35)41)25-20-21-27-26-13-6-9-19-33(26)43-34(27)23-25/h3*1-23H. The molecule has 0 saturated carbocycles. The van der Waals surface area contributed by atoms with Gasteiger partial charge in [0.25, 0.3) is 0 Å². The Morgan fingerprint density at radius 3 is 0.938 bits per heavy atom. The summed E-state index contributed by atoms with van der Waals surface area (Å²) < 4.78 is 26.3. The van der Waals surface area contributed by atoms with Gasteiger partial charge in [-0.25, -0.2) is 0 Å². The lowest BCUT2D eigenvalue weighted by Gasteiger charge is -2.14. The Morgan fingerprint density at radius 1 is 0.186 bits per heavy atom. The third-order valence-electron chi connectivity index (χ3n) is 26.8. The van der Waals surface area contributed by atoms with Gasteiger partial charge in [0.2, 0.25) is 0 Å². The van der Waals surface area contributed by atoms with E-state index >= 15 is 0 Å². The highest BCUT2D eigenvalue weighted by atomic mass is 32.1. The van der Waals surface area contributed by atoms with Crippen LogP contribution < -0.4 is 0 Å². The predicted molar refractivity (Wildman–Crippen MR) is 544 cm³/mol. The second kappa shape index (κ2) is 27.9. The van der Waals surface area contributed by atoms with Gasteiger partial charge in [-0.2, -0.15) is 0 Å². The third kappa shape index (κ3) is 10.3. The zero-order valence-corrected chi connectivity index (χ0v) is 70.7. The van der Waals surface area contributed by atoms with Gasteiger partial charge in [0, 0.05) is 175 Å². The molecule has 18 aromatic carbocycles. The van der Waals surface area contributed by atoms with E-state index in [1.165, 1.54) is 171 Å². The summed E-state index contributed by atoms with van der Waals surface area (Å²) >= 11 is 3.74. The van der Waals surface area contributed by atoms with Crippen molar-refractivity contribution in [3.05, 3.63) is 419 Å². The summed E-state index contributed by atoms with van der Waals surface area (Å²) in [7, 11) is 0. The molecule has 129 heavy (non-hydrogen) atoms. The van der Waals surface area contributed by atoms with Crippen LogP contribution in [-0.2, 0) is 0 Å². The van der Waals surface area contributed by atoms with Gasteiger partial charge in [-0.05, 0) is 140 Å². The first-order chi connectivity index (χ1) is 64.1. The molecular weight excluding hydrogens is 1610 g/mol. The highest BCUT2D eigenvalue weighted by Gasteiger charge is 2.31. The molecule has 0 saturated heterocycles. The Balaban J connectivity index is 0.0000000976. The van der Waals surface area contributed by atoms with E-state index in [0.717, 1.165) is 88.7 Å². The Hall–Kier alpha value is -16.8. The maximum Gasteiger partial charge on any atom is 0.137 e. The Kier molecular flexibility index (Phi) is 15.5. The molecule has 10 nitrogen and oxygen atoms in total. The average molecular weight is 1680 g/mol. The number of rotatable bonds is 6. The van der Waals surface area contributed by atoms with Crippen LogP contribution in [0.25, 0.3) is 260 Å². The van der Waals surface area contributed by atoms with Gasteiger partial charge in [0.1, 0.15) is 11.2 Å². The lowest BCUT2D eigenvalue weighted by molar-refractivity contribution is 0.668. The van der Waals surface area contributed by atoms with Crippen LogP contribution in [-0.4, -0.2) is 42.4 Å². The summed E-state index contributed by atoms with van der Waals surface area (Å²) in [6, 6.07) is 144. The van der Waals surface area contributed by atoms with E-state index < -0.39 is 0 Å². The van der Waals surface area contributed by atoms with Crippen molar-refractivity contribution in [1.82, 2.24) is 42.4 Å². The van der Waals surface area contributed by atoms with Gasteiger partial charge in [0.05, 0.1) is 98.8 Å². The molecule has 0 aliphatic rings. The number of hydrogen-bond acceptors (Lipinski definition) is 6. The summed E-state index contributed by atoms with van der Waals surface area (Å²) in [6.07, 6.45) is 5.78. The van der Waals surface area contributed by atoms with Gasteiger partial charge in [-0.15, -0.1) is 22.7 Å². The molecule has 0 fully saturated rings. The van der Waals surface area contributed by atoms with E-state index in [1.807, 2.05) is 53.4 Å². The topological polar surface area (TPSA) is 81.4 Å². The Morgan fingerprint density at radius 2 is 0.488 bits per heavy atom. The molecule has 0 N–H and O–H groups in total. The van der Waals surface area contributed by atoms with Crippen LogP contribution in [0.4, 0.5) is 0 Å². The second-order valence-electron chi connectivity index (χ2n) is 33.5. The largest absolute Gasteiger partial charge is 0.456 e. The van der Waals surface area contributed by atoms with Crippen molar-refractivity contribution in [1.29, 1.82) is 0 Å². The zero-order valence-electron chi connectivity index (χ0n) is 69.1. The lowest BCUT2D eigenvalue weighted by Crippen LogP contribution is -1.99. The van der Waals surface area contributed by atoms with Crippen LogP contribution >= 0.6 is 22.7 Å². The third-order valence-corrected chi connectivity index (χ3v) is 29.1. The van der Waals surface area contributed by atoms with E-state index in [9.17, 15) is 0 Å². The SMILES string of the molecule is c1ccc(-n2c3ccccc3c3c4cccnc4c4c5ccccc5n(-c5ccc6c(c5)oc5ccccc56)c4c32)cc1.c1ccc(-n2c3ccccc3c3c4cccnc4c4c5ccccc5n(-c5ccc6c(c5)sc5ccccc56)c4c32)cc1.c1ccc(-n2c3ccccc3c3c4cccnc4c4c5ccccc5n(-c5cccc6c5sc5ccccc56)c4c32)cc1. The van der Waals surface area contributed by atoms with Gasteiger partial charge in [-0.1, -0.05) is 255 Å². The van der Waals surface area contributed by atoms with Crippen molar-refractivity contribution in [2.45, 2.75) is 0 Å². The van der Waals surface area contributed by atoms with Gasteiger partial charge in [0.15, 0.2) is 0 Å². The molecule has 12 heterocycles. The predicted octanol–water partition coefficient (Wildman–Crippen LogP) is 31.9. The first kappa shape index (κ1) is 71.6. The quantitative estimate of drug-likeness (QED) is 0.166.